The molecule has 0 saturated carbocycles. The number of anilines is 1. The number of hydrogen-bond acceptors (Lipinski definition) is 3. The van der Waals surface area contributed by atoms with Gasteiger partial charge in [0.2, 0.25) is 5.89 Å². The van der Waals surface area contributed by atoms with Gasteiger partial charge in [0.15, 0.2) is 5.58 Å². The SMILES string of the molecule is Cc1cccc2oc(C(C)(C)c3ccc(N)cc3)nc12. The second kappa shape index (κ2) is 4.37. The minimum Gasteiger partial charge on any atom is -0.440 e. The third-order valence-electron chi connectivity index (χ3n) is 3.79. The van der Waals surface area contributed by atoms with Gasteiger partial charge in [0.25, 0.3) is 0 Å². The van der Waals surface area contributed by atoms with E-state index in [2.05, 4.69) is 18.8 Å². The molecule has 0 fully saturated rings. The third-order valence-corrected chi connectivity index (χ3v) is 3.79. The summed E-state index contributed by atoms with van der Waals surface area (Å²) in [6, 6.07) is 13.9. The zero-order valence-corrected chi connectivity index (χ0v) is 12.0. The molecule has 0 unspecified atom stereocenters. The van der Waals surface area contributed by atoms with Crippen LogP contribution in [0.4, 0.5) is 5.69 Å². The highest BCUT2D eigenvalue weighted by molar-refractivity contribution is 5.76. The van der Waals surface area contributed by atoms with E-state index in [-0.39, 0.29) is 5.41 Å². The quantitative estimate of drug-likeness (QED) is 0.712. The van der Waals surface area contributed by atoms with E-state index in [0.717, 1.165) is 33.8 Å². The maximum absolute atomic E-state index is 5.96. The van der Waals surface area contributed by atoms with Crippen molar-refractivity contribution >= 4 is 16.8 Å². The molecule has 3 rings (SSSR count). The standard InChI is InChI=1S/C17H18N2O/c1-11-5-4-6-14-15(11)19-16(20-14)17(2,3)12-7-9-13(18)10-8-12/h4-10H,18H2,1-3H3. The maximum atomic E-state index is 5.96. The Bertz CT molecular complexity index is 754. The molecule has 1 heterocycles. The monoisotopic (exact) mass is 266 g/mol. The van der Waals surface area contributed by atoms with E-state index in [1.165, 1.54) is 0 Å². The van der Waals surface area contributed by atoms with Crippen molar-refractivity contribution in [3.63, 3.8) is 0 Å². The van der Waals surface area contributed by atoms with Crippen molar-refractivity contribution in [2.24, 2.45) is 0 Å². The Morgan fingerprint density at radius 3 is 2.40 bits per heavy atom. The molecule has 3 heteroatoms. The maximum Gasteiger partial charge on any atom is 0.205 e. The third kappa shape index (κ3) is 1.95. The lowest BCUT2D eigenvalue weighted by atomic mass is 9.84. The molecule has 3 nitrogen and oxygen atoms in total. The van der Waals surface area contributed by atoms with Crippen molar-refractivity contribution in [1.29, 1.82) is 0 Å². The lowest BCUT2D eigenvalue weighted by molar-refractivity contribution is 0.433. The van der Waals surface area contributed by atoms with E-state index < -0.39 is 0 Å². The smallest absolute Gasteiger partial charge is 0.205 e. The average Bonchev–Trinajstić information content (AvgIpc) is 2.85. The molecule has 0 saturated heterocycles. The molecule has 0 bridgehead atoms. The molecule has 0 aliphatic carbocycles. The van der Waals surface area contributed by atoms with E-state index in [0.29, 0.717) is 0 Å². The van der Waals surface area contributed by atoms with Crippen LogP contribution in [0.3, 0.4) is 0 Å². The molecule has 102 valence electrons. The number of nitrogen functional groups attached to an aromatic ring is 1. The van der Waals surface area contributed by atoms with Gasteiger partial charge in [-0.25, -0.2) is 4.98 Å². The molecular formula is C17H18N2O. The fourth-order valence-corrected chi connectivity index (χ4v) is 2.38. The Kier molecular flexibility index (Phi) is 2.78. The number of aryl methyl sites for hydroxylation is 1. The summed E-state index contributed by atoms with van der Waals surface area (Å²) in [5, 5.41) is 0. The summed E-state index contributed by atoms with van der Waals surface area (Å²) < 4.78 is 5.96. The van der Waals surface area contributed by atoms with Crippen LogP contribution in [0.1, 0.15) is 30.9 Å². The second-order valence-corrected chi connectivity index (χ2v) is 5.69. The highest BCUT2D eigenvalue weighted by atomic mass is 16.3. The predicted molar refractivity (Wildman–Crippen MR) is 81.7 cm³/mol. The molecule has 20 heavy (non-hydrogen) atoms. The summed E-state index contributed by atoms with van der Waals surface area (Å²) >= 11 is 0. The molecule has 0 aliphatic heterocycles. The van der Waals surface area contributed by atoms with E-state index in [1.54, 1.807) is 0 Å². The summed E-state index contributed by atoms with van der Waals surface area (Å²) in [7, 11) is 0. The molecule has 2 aromatic carbocycles. The molecule has 0 atom stereocenters. The van der Waals surface area contributed by atoms with Gasteiger partial charge in [0.1, 0.15) is 5.52 Å². The molecule has 0 aliphatic rings. The number of fused-ring (bicyclic) bond motifs is 1. The Balaban J connectivity index is 2.13. The van der Waals surface area contributed by atoms with Crippen molar-refractivity contribution in [3.05, 3.63) is 59.5 Å². The van der Waals surface area contributed by atoms with Gasteiger partial charge in [-0.2, -0.15) is 0 Å². The Morgan fingerprint density at radius 2 is 1.75 bits per heavy atom. The molecular weight excluding hydrogens is 248 g/mol. The number of nitrogens with zero attached hydrogens (tertiary/aromatic N) is 1. The largest absolute Gasteiger partial charge is 0.440 e. The summed E-state index contributed by atoms with van der Waals surface area (Å²) in [6.07, 6.45) is 0. The number of para-hydroxylation sites is 1. The zero-order valence-electron chi connectivity index (χ0n) is 12.0. The predicted octanol–water partition coefficient (Wildman–Crippen LogP) is 4.04. The minimum atomic E-state index is -0.292. The number of nitrogens with two attached hydrogens (primary N) is 1. The fraction of sp³-hybridized carbons (Fsp3) is 0.235. The summed E-state index contributed by atoms with van der Waals surface area (Å²) in [5.41, 5.74) is 10.3. The van der Waals surface area contributed by atoms with Crippen LogP contribution in [0.15, 0.2) is 46.9 Å². The second-order valence-electron chi connectivity index (χ2n) is 5.69. The normalized spacial score (nSPS) is 11.9. The van der Waals surface area contributed by atoms with Crippen LogP contribution in [-0.4, -0.2) is 4.98 Å². The van der Waals surface area contributed by atoms with E-state index in [4.69, 9.17) is 10.2 Å². The van der Waals surface area contributed by atoms with Gasteiger partial charge in [-0.3, -0.25) is 0 Å². The molecule has 0 radical (unpaired) electrons. The number of benzene rings is 2. The highest BCUT2D eigenvalue weighted by Crippen LogP contribution is 2.33. The van der Waals surface area contributed by atoms with Crippen molar-refractivity contribution in [3.8, 4) is 0 Å². The van der Waals surface area contributed by atoms with E-state index in [9.17, 15) is 0 Å². The Morgan fingerprint density at radius 1 is 1.05 bits per heavy atom. The van der Waals surface area contributed by atoms with Gasteiger partial charge < -0.3 is 10.2 Å². The molecule has 2 N–H and O–H groups in total. The minimum absolute atomic E-state index is 0.292. The van der Waals surface area contributed by atoms with Crippen LogP contribution in [0.2, 0.25) is 0 Å². The molecule has 0 amide bonds. The zero-order chi connectivity index (χ0) is 14.3. The fourth-order valence-electron chi connectivity index (χ4n) is 2.38. The number of rotatable bonds is 2. The summed E-state index contributed by atoms with van der Waals surface area (Å²) in [4.78, 5) is 4.68. The molecule has 1 aromatic heterocycles. The van der Waals surface area contributed by atoms with Crippen molar-refractivity contribution in [2.75, 3.05) is 5.73 Å². The Labute approximate surface area is 118 Å². The summed E-state index contributed by atoms with van der Waals surface area (Å²) in [6.45, 7) is 6.27. The van der Waals surface area contributed by atoms with Crippen molar-refractivity contribution in [1.82, 2.24) is 4.98 Å². The van der Waals surface area contributed by atoms with Gasteiger partial charge in [0, 0.05) is 5.69 Å². The first kappa shape index (κ1) is 12.7. The van der Waals surface area contributed by atoms with Crippen LogP contribution < -0.4 is 5.73 Å². The first-order valence-electron chi connectivity index (χ1n) is 6.71. The lowest BCUT2D eigenvalue weighted by Crippen LogP contribution is -2.19. The van der Waals surface area contributed by atoms with E-state index in [1.807, 2.05) is 49.4 Å². The topological polar surface area (TPSA) is 52.0 Å². The van der Waals surface area contributed by atoms with E-state index >= 15 is 0 Å². The van der Waals surface area contributed by atoms with Gasteiger partial charge in [-0.05, 0) is 50.1 Å². The lowest BCUT2D eigenvalue weighted by Gasteiger charge is -2.21. The molecule has 3 aromatic rings. The van der Waals surface area contributed by atoms with Crippen molar-refractivity contribution < 1.29 is 4.42 Å². The average molecular weight is 266 g/mol. The van der Waals surface area contributed by atoms with Gasteiger partial charge in [-0.1, -0.05) is 24.3 Å². The molecule has 0 spiro atoms. The Hall–Kier alpha value is -2.29. The number of hydrogen-bond donors (Lipinski definition) is 1. The summed E-state index contributed by atoms with van der Waals surface area (Å²) in [5.74, 6) is 0.728. The van der Waals surface area contributed by atoms with Crippen LogP contribution in [0.25, 0.3) is 11.1 Å². The van der Waals surface area contributed by atoms with Crippen LogP contribution in [0, 0.1) is 6.92 Å². The first-order valence-corrected chi connectivity index (χ1v) is 6.71. The number of oxazole rings is 1. The van der Waals surface area contributed by atoms with Crippen LogP contribution in [0.5, 0.6) is 0 Å². The van der Waals surface area contributed by atoms with Gasteiger partial charge in [0.05, 0.1) is 5.41 Å². The highest BCUT2D eigenvalue weighted by Gasteiger charge is 2.29. The first-order chi connectivity index (χ1) is 9.48. The van der Waals surface area contributed by atoms with Crippen molar-refractivity contribution in [2.45, 2.75) is 26.2 Å². The van der Waals surface area contributed by atoms with Gasteiger partial charge in [-0.15, -0.1) is 0 Å². The van der Waals surface area contributed by atoms with Crippen LogP contribution >= 0.6 is 0 Å². The number of aromatic nitrogens is 1. The van der Waals surface area contributed by atoms with Crippen LogP contribution in [-0.2, 0) is 5.41 Å². The van der Waals surface area contributed by atoms with Gasteiger partial charge >= 0.3 is 0 Å².